The highest BCUT2D eigenvalue weighted by Gasteiger charge is 2.24. The summed E-state index contributed by atoms with van der Waals surface area (Å²) in [5.41, 5.74) is 0.944. The molecule has 0 amide bonds. The molecule has 1 aromatic carbocycles. The Kier molecular flexibility index (Phi) is 6.71. The molecular formula is C24H26N4O4S. The van der Waals surface area contributed by atoms with Crippen LogP contribution in [-0.2, 0) is 17.8 Å². The largest absolute Gasteiger partial charge is 0.444 e. The van der Waals surface area contributed by atoms with Crippen molar-refractivity contribution in [3.63, 3.8) is 0 Å². The van der Waals surface area contributed by atoms with E-state index in [4.69, 9.17) is 9.15 Å². The van der Waals surface area contributed by atoms with Crippen molar-refractivity contribution in [2.75, 3.05) is 7.05 Å². The number of fused-ring (bicyclic) bond motifs is 1. The summed E-state index contributed by atoms with van der Waals surface area (Å²) in [7, 11) is 1.61. The Balaban J connectivity index is 1.96. The average Bonchev–Trinajstić information content (AvgIpc) is 3.44. The van der Waals surface area contributed by atoms with Crippen LogP contribution >= 0.6 is 11.3 Å². The number of rotatable bonds is 8. The predicted octanol–water partition coefficient (Wildman–Crippen LogP) is 4.06. The smallest absolute Gasteiger partial charge is 0.332 e. The molecule has 4 rings (SSSR count). The number of hydrogen-bond acceptors (Lipinski definition) is 7. The van der Waals surface area contributed by atoms with Crippen LogP contribution in [0.15, 0.2) is 61.8 Å². The van der Waals surface area contributed by atoms with E-state index in [0.29, 0.717) is 16.1 Å². The molecule has 0 N–H and O–H groups in total. The summed E-state index contributed by atoms with van der Waals surface area (Å²) in [6.45, 7) is 6.12. The first-order chi connectivity index (χ1) is 15.9. The standard InChI is InChI=1S/C24H26N4O4S/c1-15(2)32-18(17-8-6-5-7-9-17)14-28-23-19(22(29)27(24(28)30)12-10-25-4)16(3)20(33-23)21-26-11-13-31-21/h5-11,13,15,18H,12,14H2,1-4H3/t18-/m0/s1. The Labute approximate surface area is 194 Å². The van der Waals surface area contributed by atoms with E-state index in [9.17, 15) is 9.59 Å². The van der Waals surface area contributed by atoms with Crippen LogP contribution in [0.3, 0.4) is 0 Å². The van der Waals surface area contributed by atoms with Crippen LogP contribution in [0.4, 0.5) is 0 Å². The fourth-order valence-corrected chi connectivity index (χ4v) is 5.05. The van der Waals surface area contributed by atoms with Crippen molar-refractivity contribution in [2.45, 2.75) is 46.1 Å². The van der Waals surface area contributed by atoms with Gasteiger partial charge in [-0.3, -0.25) is 18.9 Å². The SMILES string of the molecule is CN=CCn1c(=O)c2c(C)c(-c3ncco3)sc2n(C[C@H](OC(C)C)c2ccccc2)c1=O. The van der Waals surface area contributed by atoms with Crippen molar-refractivity contribution in [3.05, 3.63) is 74.8 Å². The number of nitrogens with zero attached hydrogens (tertiary/aromatic N) is 4. The normalized spacial score (nSPS) is 12.9. The van der Waals surface area contributed by atoms with E-state index < -0.39 is 5.69 Å². The summed E-state index contributed by atoms with van der Waals surface area (Å²) in [6, 6.07) is 9.79. The molecule has 0 saturated carbocycles. The number of hydrogen-bond donors (Lipinski definition) is 0. The van der Waals surface area contributed by atoms with Gasteiger partial charge in [-0.05, 0) is 31.9 Å². The molecule has 3 aromatic heterocycles. The molecule has 172 valence electrons. The first-order valence-electron chi connectivity index (χ1n) is 10.7. The molecule has 0 aliphatic rings. The van der Waals surface area contributed by atoms with E-state index in [-0.39, 0.29) is 30.9 Å². The third-order valence-electron chi connectivity index (χ3n) is 5.32. The Morgan fingerprint density at radius 3 is 2.61 bits per heavy atom. The van der Waals surface area contributed by atoms with Crippen LogP contribution in [0.1, 0.15) is 31.1 Å². The molecular weight excluding hydrogens is 440 g/mol. The van der Waals surface area contributed by atoms with Gasteiger partial charge in [0.15, 0.2) is 0 Å². The monoisotopic (exact) mass is 466 g/mol. The van der Waals surface area contributed by atoms with Gasteiger partial charge in [-0.1, -0.05) is 30.3 Å². The minimum atomic E-state index is -0.402. The summed E-state index contributed by atoms with van der Waals surface area (Å²) in [6.07, 6.45) is 4.18. The second-order valence-electron chi connectivity index (χ2n) is 7.91. The molecule has 0 unspecified atom stereocenters. The van der Waals surface area contributed by atoms with Gasteiger partial charge in [-0.25, -0.2) is 9.78 Å². The molecule has 0 radical (unpaired) electrons. The third-order valence-corrected chi connectivity index (χ3v) is 6.63. The Hall–Kier alpha value is -3.30. The zero-order valence-corrected chi connectivity index (χ0v) is 19.8. The number of ether oxygens (including phenoxy) is 1. The molecule has 0 bridgehead atoms. The zero-order valence-electron chi connectivity index (χ0n) is 19.0. The fraction of sp³-hybridized carbons (Fsp3) is 0.333. The Morgan fingerprint density at radius 1 is 1.21 bits per heavy atom. The average molecular weight is 467 g/mol. The number of benzene rings is 1. The van der Waals surface area contributed by atoms with Gasteiger partial charge >= 0.3 is 5.69 Å². The van der Waals surface area contributed by atoms with Gasteiger partial charge in [0, 0.05) is 13.3 Å². The van der Waals surface area contributed by atoms with Gasteiger partial charge in [-0.2, -0.15) is 0 Å². The van der Waals surface area contributed by atoms with Crippen LogP contribution in [0, 0.1) is 6.92 Å². The predicted molar refractivity (Wildman–Crippen MR) is 130 cm³/mol. The number of thiophene rings is 1. The fourth-order valence-electron chi connectivity index (χ4n) is 3.81. The number of aryl methyl sites for hydroxylation is 1. The van der Waals surface area contributed by atoms with Gasteiger partial charge in [0.25, 0.3) is 5.56 Å². The maximum absolute atomic E-state index is 13.5. The highest BCUT2D eigenvalue weighted by molar-refractivity contribution is 7.22. The van der Waals surface area contributed by atoms with Crippen molar-refractivity contribution in [3.8, 4) is 10.8 Å². The van der Waals surface area contributed by atoms with Crippen LogP contribution < -0.4 is 11.2 Å². The van der Waals surface area contributed by atoms with Crippen molar-refractivity contribution < 1.29 is 9.15 Å². The van der Waals surface area contributed by atoms with Gasteiger partial charge in [0.05, 0.1) is 35.7 Å². The number of oxazole rings is 1. The van der Waals surface area contributed by atoms with Gasteiger partial charge < -0.3 is 9.15 Å². The molecule has 9 heteroatoms. The maximum atomic E-state index is 13.5. The lowest BCUT2D eigenvalue weighted by Crippen LogP contribution is -2.41. The third kappa shape index (κ3) is 4.46. The highest BCUT2D eigenvalue weighted by Crippen LogP contribution is 2.36. The minimum Gasteiger partial charge on any atom is -0.444 e. The molecule has 1 atom stereocenters. The van der Waals surface area contributed by atoms with Gasteiger partial charge in [0.2, 0.25) is 5.89 Å². The number of aliphatic imine (C=N–C) groups is 1. The summed E-state index contributed by atoms with van der Waals surface area (Å²) in [4.78, 5) is 36.4. The first kappa shape index (κ1) is 22.9. The van der Waals surface area contributed by atoms with E-state index >= 15 is 0 Å². The molecule has 0 saturated heterocycles. The van der Waals surface area contributed by atoms with Gasteiger partial charge in [-0.15, -0.1) is 11.3 Å². The second kappa shape index (κ2) is 9.68. The lowest BCUT2D eigenvalue weighted by atomic mass is 10.1. The van der Waals surface area contributed by atoms with E-state index in [1.165, 1.54) is 22.2 Å². The highest BCUT2D eigenvalue weighted by atomic mass is 32.1. The second-order valence-corrected chi connectivity index (χ2v) is 8.91. The van der Waals surface area contributed by atoms with E-state index in [0.717, 1.165) is 16.0 Å². The van der Waals surface area contributed by atoms with Crippen LogP contribution in [-0.4, -0.2) is 33.5 Å². The molecule has 8 nitrogen and oxygen atoms in total. The lowest BCUT2D eigenvalue weighted by Gasteiger charge is -2.22. The van der Waals surface area contributed by atoms with Gasteiger partial charge in [0.1, 0.15) is 17.2 Å². The summed E-state index contributed by atoms with van der Waals surface area (Å²) < 4.78 is 14.5. The summed E-state index contributed by atoms with van der Waals surface area (Å²) >= 11 is 1.33. The van der Waals surface area contributed by atoms with Crippen LogP contribution in [0.5, 0.6) is 0 Å². The van der Waals surface area contributed by atoms with Crippen LogP contribution in [0.25, 0.3) is 21.0 Å². The maximum Gasteiger partial charge on any atom is 0.332 e. The Bertz CT molecular complexity index is 1380. The first-order valence-corrected chi connectivity index (χ1v) is 11.5. The van der Waals surface area contributed by atoms with Crippen molar-refractivity contribution in [1.29, 1.82) is 0 Å². The van der Waals surface area contributed by atoms with E-state index in [1.54, 1.807) is 24.0 Å². The molecule has 33 heavy (non-hydrogen) atoms. The lowest BCUT2D eigenvalue weighted by molar-refractivity contribution is -0.00336. The zero-order chi connectivity index (χ0) is 23.5. The molecule has 0 aliphatic heterocycles. The summed E-state index contributed by atoms with van der Waals surface area (Å²) in [5, 5.41) is 0.480. The molecule has 0 fully saturated rings. The van der Waals surface area contributed by atoms with E-state index in [2.05, 4.69) is 9.98 Å². The molecule has 3 heterocycles. The molecule has 0 aliphatic carbocycles. The quantitative estimate of drug-likeness (QED) is 0.365. The number of aromatic nitrogens is 3. The minimum absolute atomic E-state index is 0.0486. The van der Waals surface area contributed by atoms with E-state index in [1.807, 2.05) is 51.1 Å². The van der Waals surface area contributed by atoms with Crippen molar-refractivity contribution in [1.82, 2.24) is 14.1 Å². The Morgan fingerprint density at radius 2 is 1.97 bits per heavy atom. The van der Waals surface area contributed by atoms with Crippen molar-refractivity contribution in [2.24, 2.45) is 4.99 Å². The molecule has 0 spiro atoms. The summed E-state index contributed by atoms with van der Waals surface area (Å²) in [5.74, 6) is 0.423. The van der Waals surface area contributed by atoms with Crippen LogP contribution in [0.2, 0.25) is 0 Å². The van der Waals surface area contributed by atoms with Crippen molar-refractivity contribution >= 4 is 27.8 Å². The molecule has 4 aromatic rings. The topological polar surface area (TPSA) is 91.6 Å².